The number of hydrogen-bond acceptors (Lipinski definition) is 0. The van der Waals surface area contributed by atoms with Crippen LogP contribution in [0.15, 0.2) is 0 Å². The summed E-state index contributed by atoms with van der Waals surface area (Å²) in [6.45, 7) is 34.3. The first-order valence-corrected chi connectivity index (χ1v) is 10.7. The highest BCUT2D eigenvalue weighted by molar-refractivity contribution is 4.60. The fourth-order valence-electron chi connectivity index (χ4n) is 2.31. The van der Waals surface area contributed by atoms with Gasteiger partial charge in [-0.05, 0) is 53.3 Å². The van der Waals surface area contributed by atoms with Crippen molar-refractivity contribution in [2.75, 3.05) is 0 Å². The van der Waals surface area contributed by atoms with Gasteiger partial charge < -0.3 is 0 Å². The third-order valence-corrected chi connectivity index (χ3v) is 6.31. The molecule has 0 saturated carbocycles. The molecule has 0 aromatic carbocycles. The van der Waals surface area contributed by atoms with Crippen molar-refractivity contribution in [3.63, 3.8) is 0 Å². The molecule has 0 atom stereocenters. The van der Waals surface area contributed by atoms with Crippen LogP contribution in [-0.2, 0) is 0 Å². The van der Waals surface area contributed by atoms with Crippen molar-refractivity contribution in [2.45, 2.75) is 148 Å². The first-order valence-electron chi connectivity index (χ1n) is 10.7. The highest BCUT2D eigenvalue weighted by Gasteiger charge is 2.11. The van der Waals surface area contributed by atoms with E-state index < -0.39 is 0 Å². The summed E-state index contributed by atoms with van der Waals surface area (Å²) in [5.74, 6) is 7.67. The standard InChI is InChI=1S/3C8H18.6CH4/c3*1-6(2)8(5)7(3)4;;;;;;/h3*6-8H,1-5H3;6*1H4. The third-order valence-electron chi connectivity index (χ3n) is 6.31. The van der Waals surface area contributed by atoms with E-state index in [-0.39, 0.29) is 44.6 Å². The van der Waals surface area contributed by atoms with Gasteiger partial charge in [-0.25, -0.2) is 0 Å². The fourth-order valence-corrected chi connectivity index (χ4v) is 2.31. The second-order valence-corrected chi connectivity index (χ2v) is 10.0. The van der Waals surface area contributed by atoms with Crippen molar-refractivity contribution < 1.29 is 0 Å². The minimum atomic E-state index is 0. The molecule has 0 fully saturated rings. The van der Waals surface area contributed by atoms with Gasteiger partial charge in [0.2, 0.25) is 0 Å². The minimum absolute atomic E-state index is 0. The molecule has 0 aliphatic rings. The van der Waals surface area contributed by atoms with Crippen LogP contribution in [0.25, 0.3) is 0 Å². The van der Waals surface area contributed by atoms with Crippen LogP contribution in [0.4, 0.5) is 0 Å². The molecule has 0 aromatic heterocycles. The Kier molecular flexibility index (Phi) is 59.5. The Morgan fingerprint density at radius 1 is 0.200 bits per heavy atom. The lowest BCUT2D eigenvalue weighted by Gasteiger charge is -2.18. The molecular weight excluding hydrogens is 360 g/mol. The molecule has 30 heavy (non-hydrogen) atoms. The van der Waals surface area contributed by atoms with Gasteiger partial charge in [0.25, 0.3) is 0 Å². The molecule has 0 aliphatic carbocycles. The van der Waals surface area contributed by atoms with Crippen LogP contribution in [0.1, 0.15) is 148 Å². The highest BCUT2D eigenvalue weighted by atomic mass is 14.2. The monoisotopic (exact) mass is 439 g/mol. The predicted molar refractivity (Wildman–Crippen MR) is 157 cm³/mol. The van der Waals surface area contributed by atoms with E-state index in [1.165, 1.54) is 0 Å². The third kappa shape index (κ3) is 35.4. The van der Waals surface area contributed by atoms with Crippen LogP contribution in [-0.4, -0.2) is 0 Å². The lowest BCUT2D eigenvalue weighted by atomic mass is 9.88. The predicted octanol–water partition coefficient (Wildman–Crippen LogP) is 12.6. The van der Waals surface area contributed by atoms with Crippen molar-refractivity contribution >= 4 is 0 Å². The molecule has 0 aromatic rings. The first kappa shape index (κ1) is 57.2. The number of hydrogen-bond donors (Lipinski definition) is 0. The molecule has 0 unspecified atom stereocenters. The zero-order chi connectivity index (χ0) is 20.2. The SMILES string of the molecule is C.C.C.C.C.C.CC(C)C(C)C(C)C.CC(C)C(C)C(C)C.CC(C)C(C)C(C)C. The molecule has 0 amide bonds. The Labute approximate surface area is 201 Å². The summed E-state index contributed by atoms with van der Waals surface area (Å²) in [5.41, 5.74) is 0. The van der Waals surface area contributed by atoms with Crippen LogP contribution in [0, 0.1) is 53.3 Å². The summed E-state index contributed by atoms with van der Waals surface area (Å²) in [7, 11) is 0. The van der Waals surface area contributed by atoms with E-state index in [0.29, 0.717) is 0 Å². The molecule has 0 saturated heterocycles. The molecule has 0 heterocycles. The Balaban J connectivity index is -0.0000000286. The zero-order valence-corrected chi connectivity index (χ0v) is 20.2. The molecular formula is C30H78. The van der Waals surface area contributed by atoms with Gasteiger partial charge in [0, 0.05) is 0 Å². The van der Waals surface area contributed by atoms with Gasteiger partial charge >= 0.3 is 0 Å². The van der Waals surface area contributed by atoms with E-state index in [2.05, 4.69) is 104 Å². The Bertz CT molecular complexity index is 178. The Morgan fingerprint density at radius 2 is 0.267 bits per heavy atom. The maximum absolute atomic E-state index is 2.31. The quantitative estimate of drug-likeness (QED) is 0.386. The topological polar surface area (TPSA) is 0 Å². The summed E-state index contributed by atoms with van der Waals surface area (Å²) < 4.78 is 0. The van der Waals surface area contributed by atoms with E-state index in [1.807, 2.05) is 0 Å². The summed E-state index contributed by atoms with van der Waals surface area (Å²) in [6, 6.07) is 0. The average molecular weight is 439 g/mol. The van der Waals surface area contributed by atoms with Crippen molar-refractivity contribution in [1.82, 2.24) is 0 Å². The Morgan fingerprint density at radius 3 is 0.267 bits per heavy atom. The molecule has 0 nitrogen and oxygen atoms in total. The maximum Gasteiger partial charge on any atom is -0.0396 e. The molecule has 0 spiro atoms. The normalized spacial score (nSPS) is 9.60. The second-order valence-electron chi connectivity index (χ2n) is 10.0. The van der Waals surface area contributed by atoms with Crippen molar-refractivity contribution in [3.8, 4) is 0 Å². The maximum atomic E-state index is 2.31. The van der Waals surface area contributed by atoms with E-state index in [0.717, 1.165) is 53.3 Å². The van der Waals surface area contributed by atoms with Crippen LogP contribution in [0.5, 0.6) is 0 Å². The molecule has 0 N–H and O–H groups in total. The van der Waals surface area contributed by atoms with Crippen LogP contribution in [0.3, 0.4) is 0 Å². The largest absolute Gasteiger partial charge is 0.0776 e. The second kappa shape index (κ2) is 31.2. The molecule has 198 valence electrons. The van der Waals surface area contributed by atoms with Gasteiger partial charge in [0.15, 0.2) is 0 Å². The van der Waals surface area contributed by atoms with Crippen molar-refractivity contribution in [2.24, 2.45) is 53.3 Å². The molecule has 0 heteroatoms. The van der Waals surface area contributed by atoms with Crippen LogP contribution >= 0.6 is 0 Å². The van der Waals surface area contributed by atoms with Gasteiger partial charge in [-0.15, -0.1) is 0 Å². The molecule has 0 aliphatic heterocycles. The molecule has 0 rings (SSSR count). The van der Waals surface area contributed by atoms with E-state index in [4.69, 9.17) is 0 Å². The summed E-state index contributed by atoms with van der Waals surface area (Å²) in [5, 5.41) is 0. The first-order chi connectivity index (χ1) is 10.7. The highest BCUT2D eigenvalue weighted by Crippen LogP contribution is 2.19. The lowest BCUT2D eigenvalue weighted by Crippen LogP contribution is -2.10. The zero-order valence-electron chi connectivity index (χ0n) is 20.2. The average Bonchev–Trinajstić information content (AvgIpc) is 2.45. The van der Waals surface area contributed by atoms with Gasteiger partial charge in [-0.1, -0.05) is 148 Å². The van der Waals surface area contributed by atoms with Crippen LogP contribution in [0.2, 0.25) is 0 Å². The fraction of sp³-hybridized carbons (Fsp3) is 1.00. The van der Waals surface area contributed by atoms with Gasteiger partial charge in [0.05, 0.1) is 0 Å². The van der Waals surface area contributed by atoms with E-state index >= 15 is 0 Å². The van der Waals surface area contributed by atoms with Gasteiger partial charge in [-0.3, -0.25) is 0 Å². The molecule has 0 radical (unpaired) electrons. The van der Waals surface area contributed by atoms with E-state index in [1.54, 1.807) is 0 Å². The van der Waals surface area contributed by atoms with Gasteiger partial charge in [-0.2, -0.15) is 0 Å². The smallest absolute Gasteiger partial charge is 0.0396 e. The van der Waals surface area contributed by atoms with E-state index in [9.17, 15) is 0 Å². The van der Waals surface area contributed by atoms with Gasteiger partial charge in [0.1, 0.15) is 0 Å². The van der Waals surface area contributed by atoms with Crippen LogP contribution < -0.4 is 0 Å². The lowest BCUT2D eigenvalue weighted by molar-refractivity contribution is 0.316. The summed E-state index contributed by atoms with van der Waals surface area (Å²) >= 11 is 0. The van der Waals surface area contributed by atoms with Crippen molar-refractivity contribution in [3.05, 3.63) is 0 Å². The Hall–Kier alpha value is 0. The minimum Gasteiger partial charge on any atom is -0.0776 e. The summed E-state index contributed by atoms with van der Waals surface area (Å²) in [6.07, 6.45) is 0. The van der Waals surface area contributed by atoms with Crippen molar-refractivity contribution in [1.29, 1.82) is 0 Å². The number of rotatable bonds is 6. The molecule has 0 bridgehead atoms. The summed E-state index contributed by atoms with van der Waals surface area (Å²) in [4.78, 5) is 0.